The summed E-state index contributed by atoms with van der Waals surface area (Å²) in [5, 5.41) is 4.20. The van der Waals surface area contributed by atoms with E-state index in [1.165, 1.54) is 0 Å². The number of anilines is 1. The molecule has 1 aromatic heterocycles. The Labute approximate surface area is 153 Å². The van der Waals surface area contributed by atoms with E-state index in [2.05, 4.69) is 32.1 Å². The third-order valence-electron chi connectivity index (χ3n) is 3.51. The summed E-state index contributed by atoms with van der Waals surface area (Å²) < 4.78 is 2.86. The van der Waals surface area contributed by atoms with Crippen LogP contribution in [0.4, 0.5) is 5.69 Å². The number of nitrogens with one attached hydrogen (secondary N) is 3. The van der Waals surface area contributed by atoms with Crippen LogP contribution in [0.2, 0.25) is 0 Å². The van der Waals surface area contributed by atoms with Crippen LogP contribution in [0.3, 0.4) is 0 Å². The number of aryl methyl sites for hydroxylation is 1. The van der Waals surface area contributed by atoms with Crippen molar-refractivity contribution in [3.05, 3.63) is 64.8 Å². The summed E-state index contributed by atoms with van der Waals surface area (Å²) in [7, 11) is 1.91. The first-order chi connectivity index (χ1) is 11.5. The highest BCUT2D eigenvalue weighted by atomic mass is 79.9. The Morgan fingerprint density at radius 3 is 2.71 bits per heavy atom. The van der Waals surface area contributed by atoms with Crippen LogP contribution in [0.5, 0.6) is 0 Å². The zero-order valence-electron chi connectivity index (χ0n) is 12.8. The Kier molecular flexibility index (Phi) is 4.82. The van der Waals surface area contributed by atoms with Gasteiger partial charge in [-0.25, -0.2) is 0 Å². The van der Waals surface area contributed by atoms with Gasteiger partial charge < -0.3 is 9.88 Å². The first kappa shape index (κ1) is 16.5. The smallest absolute Gasteiger partial charge is 0.271 e. The van der Waals surface area contributed by atoms with Crippen molar-refractivity contribution in [3.8, 4) is 0 Å². The van der Waals surface area contributed by atoms with Gasteiger partial charge in [-0.3, -0.25) is 15.6 Å². The molecule has 0 spiro atoms. The molecule has 122 valence electrons. The normalized spacial score (nSPS) is 10.4. The van der Waals surface area contributed by atoms with Crippen molar-refractivity contribution >= 4 is 55.8 Å². The first-order valence-corrected chi connectivity index (χ1v) is 8.41. The van der Waals surface area contributed by atoms with E-state index in [0.29, 0.717) is 10.7 Å². The second kappa shape index (κ2) is 7.02. The highest BCUT2D eigenvalue weighted by Crippen LogP contribution is 2.20. The fraction of sp³-hybridized carbons (Fsp3) is 0.0588. The number of rotatable bonds is 2. The van der Waals surface area contributed by atoms with Crippen LogP contribution in [0, 0.1) is 0 Å². The van der Waals surface area contributed by atoms with Gasteiger partial charge in [0.2, 0.25) is 0 Å². The number of benzene rings is 2. The van der Waals surface area contributed by atoms with E-state index < -0.39 is 0 Å². The molecule has 3 rings (SSSR count). The van der Waals surface area contributed by atoms with Crippen LogP contribution in [-0.4, -0.2) is 15.6 Å². The van der Waals surface area contributed by atoms with Crippen molar-refractivity contribution in [2.45, 2.75) is 0 Å². The molecule has 24 heavy (non-hydrogen) atoms. The van der Waals surface area contributed by atoms with Crippen LogP contribution in [-0.2, 0) is 7.05 Å². The maximum atomic E-state index is 12.4. The van der Waals surface area contributed by atoms with Gasteiger partial charge in [0.15, 0.2) is 5.11 Å². The molecule has 2 aromatic carbocycles. The van der Waals surface area contributed by atoms with Gasteiger partial charge in [0.1, 0.15) is 0 Å². The van der Waals surface area contributed by atoms with E-state index in [-0.39, 0.29) is 5.91 Å². The van der Waals surface area contributed by atoms with E-state index in [9.17, 15) is 4.79 Å². The highest BCUT2D eigenvalue weighted by Gasteiger charge is 2.13. The number of carbonyl (C=O) groups is 1. The van der Waals surface area contributed by atoms with Crippen LogP contribution in [0.1, 0.15) is 10.4 Å². The SMILES string of the molecule is Cn1cc(C(=O)NNC(=S)Nc2cccc(Br)c2)c2ccccc21. The molecule has 0 atom stereocenters. The summed E-state index contributed by atoms with van der Waals surface area (Å²) in [6.45, 7) is 0. The molecule has 5 nitrogen and oxygen atoms in total. The quantitative estimate of drug-likeness (QED) is 0.452. The number of para-hydroxylation sites is 1. The topological polar surface area (TPSA) is 58.1 Å². The van der Waals surface area contributed by atoms with E-state index in [0.717, 1.165) is 21.1 Å². The monoisotopic (exact) mass is 402 g/mol. The summed E-state index contributed by atoms with van der Waals surface area (Å²) >= 11 is 8.59. The Morgan fingerprint density at radius 2 is 1.92 bits per heavy atom. The molecule has 0 saturated heterocycles. The average molecular weight is 403 g/mol. The number of aromatic nitrogens is 1. The molecule has 0 unspecified atom stereocenters. The lowest BCUT2D eigenvalue weighted by Crippen LogP contribution is -2.43. The molecule has 0 aliphatic heterocycles. The molecule has 3 aromatic rings. The third-order valence-corrected chi connectivity index (χ3v) is 4.21. The molecule has 7 heteroatoms. The zero-order chi connectivity index (χ0) is 17.1. The van der Waals surface area contributed by atoms with Crippen LogP contribution >= 0.6 is 28.1 Å². The van der Waals surface area contributed by atoms with Gasteiger partial charge in [-0.05, 0) is 36.5 Å². The van der Waals surface area contributed by atoms with Gasteiger partial charge in [0.25, 0.3) is 5.91 Å². The van der Waals surface area contributed by atoms with E-state index in [1.54, 1.807) is 6.20 Å². The number of nitrogens with zero attached hydrogens (tertiary/aromatic N) is 1. The molecule has 1 heterocycles. The molecule has 1 amide bonds. The Morgan fingerprint density at radius 1 is 1.12 bits per heavy atom. The van der Waals surface area contributed by atoms with Gasteiger partial charge in [0, 0.05) is 34.3 Å². The molecule has 0 aliphatic rings. The Bertz CT molecular complexity index is 922. The number of hydrogen-bond acceptors (Lipinski definition) is 2. The molecule has 0 fully saturated rings. The summed E-state index contributed by atoms with van der Waals surface area (Å²) in [6.07, 6.45) is 1.80. The van der Waals surface area contributed by atoms with Gasteiger partial charge in [-0.2, -0.15) is 0 Å². The minimum absolute atomic E-state index is 0.245. The summed E-state index contributed by atoms with van der Waals surface area (Å²) in [6, 6.07) is 15.3. The van der Waals surface area contributed by atoms with Crippen LogP contribution in [0.25, 0.3) is 10.9 Å². The molecular weight excluding hydrogens is 388 g/mol. The second-order valence-corrected chi connectivity index (χ2v) is 6.54. The third kappa shape index (κ3) is 3.58. The molecule has 0 bridgehead atoms. The van der Waals surface area contributed by atoms with Gasteiger partial charge in [-0.15, -0.1) is 0 Å². The lowest BCUT2D eigenvalue weighted by molar-refractivity contribution is 0.0945. The number of fused-ring (bicyclic) bond motifs is 1. The number of hydrogen-bond donors (Lipinski definition) is 3. The van der Waals surface area contributed by atoms with Crippen molar-refractivity contribution in [2.24, 2.45) is 7.05 Å². The van der Waals surface area contributed by atoms with Gasteiger partial charge >= 0.3 is 0 Å². The zero-order valence-corrected chi connectivity index (χ0v) is 15.2. The maximum absolute atomic E-state index is 12.4. The lowest BCUT2D eigenvalue weighted by atomic mass is 10.2. The fourth-order valence-corrected chi connectivity index (χ4v) is 3.00. The number of thiocarbonyl (C=S) groups is 1. The maximum Gasteiger partial charge on any atom is 0.271 e. The molecule has 0 radical (unpaired) electrons. The molecule has 0 aliphatic carbocycles. The Balaban J connectivity index is 1.65. The van der Waals surface area contributed by atoms with Crippen molar-refractivity contribution in [2.75, 3.05) is 5.32 Å². The van der Waals surface area contributed by atoms with Gasteiger partial charge in [0.05, 0.1) is 5.56 Å². The molecule has 3 N–H and O–H groups in total. The van der Waals surface area contributed by atoms with Crippen molar-refractivity contribution in [3.63, 3.8) is 0 Å². The summed E-state index contributed by atoms with van der Waals surface area (Å²) in [5.41, 5.74) is 7.75. The predicted molar refractivity (Wildman–Crippen MR) is 104 cm³/mol. The summed E-state index contributed by atoms with van der Waals surface area (Å²) in [5.74, 6) is -0.245. The number of amides is 1. The van der Waals surface area contributed by atoms with E-state index >= 15 is 0 Å². The predicted octanol–water partition coefficient (Wildman–Crippen LogP) is 3.57. The van der Waals surface area contributed by atoms with Crippen molar-refractivity contribution in [1.29, 1.82) is 0 Å². The highest BCUT2D eigenvalue weighted by molar-refractivity contribution is 9.10. The first-order valence-electron chi connectivity index (χ1n) is 7.21. The van der Waals surface area contributed by atoms with Crippen molar-refractivity contribution in [1.82, 2.24) is 15.4 Å². The van der Waals surface area contributed by atoms with E-state index in [4.69, 9.17) is 12.2 Å². The lowest BCUT2D eigenvalue weighted by Gasteiger charge is -2.11. The molecule has 0 saturated carbocycles. The summed E-state index contributed by atoms with van der Waals surface area (Å²) in [4.78, 5) is 12.4. The number of hydrazine groups is 1. The van der Waals surface area contributed by atoms with Crippen LogP contribution < -0.4 is 16.2 Å². The number of carbonyl (C=O) groups excluding carboxylic acids is 1. The van der Waals surface area contributed by atoms with Crippen molar-refractivity contribution < 1.29 is 4.79 Å². The van der Waals surface area contributed by atoms with E-state index in [1.807, 2.05) is 60.1 Å². The average Bonchev–Trinajstić information content (AvgIpc) is 2.90. The minimum Gasteiger partial charge on any atom is -0.350 e. The minimum atomic E-state index is -0.245. The largest absolute Gasteiger partial charge is 0.350 e. The molecular formula is C17H15BrN4OS. The number of halogens is 1. The second-order valence-electron chi connectivity index (χ2n) is 5.21. The Hall–Kier alpha value is -2.38. The van der Waals surface area contributed by atoms with Gasteiger partial charge in [-0.1, -0.05) is 40.2 Å². The fourth-order valence-electron chi connectivity index (χ4n) is 2.43. The van der Waals surface area contributed by atoms with Crippen LogP contribution in [0.15, 0.2) is 59.2 Å². The standard InChI is InChI=1S/C17H15BrN4OS/c1-22-10-14(13-7-2-3-8-15(13)22)16(23)20-21-17(24)19-12-6-4-5-11(18)9-12/h2-10H,1H3,(H,20,23)(H2,19,21,24).